The quantitative estimate of drug-likeness (QED) is 0.828. The second-order valence-electron chi connectivity index (χ2n) is 5.95. The highest BCUT2D eigenvalue weighted by atomic mass is 32.2. The summed E-state index contributed by atoms with van der Waals surface area (Å²) >= 11 is 0. The molecule has 1 rings (SSSR count). The predicted octanol–water partition coefficient (Wildman–Crippen LogP) is 1.68. The molecule has 2 N–H and O–H groups in total. The van der Waals surface area contributed by atoms with E-state index < -0.39 is 20.6 Å². The summed E-state index contributed by atoms with van der Waals surface area (Å²) in [6.45, 7) is 5.38. The summed E-state index contributed by atoms with van der Waals surface area (Å²) in [5, 5.41) is -0.427. The lowest BCUT2D eigenvalue weighted by atomic mass is 9.74. The van der Waals surface area contributed by atoms with Gasteiger partial charge in [-0.25, -0.2) is 8.42 Å². The van der Waals surface area contributed by atoms with E-state index in [-0.39, 0.29) is 18.0 Å². The van der Waals surface area contributed by atoms with Crippen molar-refractivity contribution >= 4 is 15.6 Å². The first kappa shape index (κ1) is 15.6. The molecule has 0 saturated heterocycles. The molecule has 1 fully saturated rings. The first-order chi connectivity index (χ1) is 8.17. The fourth-order valence-corrected chi connectivity index (χ4v) is 3.51. The third-order valence-corrected chi connectivity index (χ3v) is 6.13. The molecule has 0 radical (unpaired) electrons. The smallest absolute Gasteiger partial charge is 0.153 e. The van der Waals surface area contributed by atoms with E-state index >= 15 is 0 Å². The number of hydrogen-bond donors (Lipinski definition) is 1. The van der Waals surface area contributed by atoms with Gasteiger partial charge < -0.3 is 5.73 Å². The molecule has 0 aromatic rings. The van der Waals surface area contributed by atoms with Gasteiger partial charge in [-0.05, 0) is 32.6 Å². The SMILES string of the molecule is CC1CCCC(N)(C(=O)CCS(=O)(=O)C(C)C)C1. The van der Waals surface area contributed by atoms with Crippen molar-refractivity contribution < 1.29 is 13.2 Å². The summed E-state index contributed by atoms with van der Waals surface area (Å²) in [4.78, 5) is 12.1. The highest BCUT2D eigenvalue weighted by Crippen LogP contribution is 2.31. The lowest BCUT2D eigenvalue weighted by molar-refractivity contribution is -0.125. The molecule has 5 heteroatoms. The Hall–Kier alpha value is -0.420. The largest absolute Gasteiger partial charge is 0.319 e. The summed E-state index contributed by atoms with van der Waals surface area (Å²) in [6.07, 6.45) is 3.51. The molecule has 0 bridgehead atoms. The van der Waals surface area contributed by atoms with Crippen LogP contribution in [0.5, 0.6) is 0 Å². The minimum Gasteiger partial charge on any atom is -0.319 e. The molecule has 0 aromatic heterocycles. The second-order valence-corrected chi connectivity index (χ2v) is 8.62. The fraction of sp³-hybridized carbons (Fsp3) is 0.923. The molecule has 0 aromatic carbocycles. The lowest BCUT2D eigenvalue weighted by Crippen LogP contribution is -2.51. The Bertz CT molecular complexity index is 402. The number of rotatable bonds is 5. The molecule has 18 heavy (non-hydrogen) atoms. The first-order valence-corrected chi connectivity index (χ1v) is 8.43. The van der Waals surface area contributed by atoms with E-state index in [1.807, 2.05) is 0 Å². The number of nitrogens with two attached hydrogens (primary N) is 1. The van der Waals surface area contributed by atoms with Crippen LogP contribution in [0.3, 0.4) is 0 Å². The van der Waals surface area contributed by atoms with Crippen molar-refractivity contribution in [2.75, 3.05) is 5.75 Å². The van der Waals surface area contributed by atoms with E-state index in [2.05, 4.69) is 6.92 Å². The van der Waals surface area contributed by atoms with Gasteiger partial charge in [0.15, 0.2) is 15.6 Å². The van der Waals surface area contributed by atoms with Gasteiger partial charge in [-0.2, -0.15) is 0 Å². The summed E-state index contributed by atoms with van der Waals surface area (Å²) in [7, 11) is -3.15. The van der Waals surface area contributed by atoms with Gasteiger partial charge in [-0.15, -0.1) is 0 Å². The molecule has 1 aliphatic rings. The van der Waals surface area contributed by atoms with Gasteiger partial charge >= 0.3 is 0 Å². The number of sulfone groups is 1. The molecule has 106 valence electrons. The van der Waals surface area contributed by atoms with Gasteiger partial charge in [0.05, 0.1) is 16.5 Å². The van der Waals surface area contributed by atoms with Gasteiger partial charge in [0.1, 0.15) is 0 Å². The Balaban J connectivity index is 2.60. The summed E-state index contributed by atoms with van der Waals surface area (Å²) < 4.78 is 23.4. The van der Waals surface area contributed by atoms with Crippen LogP contribution in [0.1, 0.15) is 52.9 Å². The molecule has 0 aliphatic heterocycles. The van der Waals surface area contributed by atoms with E-state index in [9.17, 15) is 13.2 Å². The van der Waals surface area contributed by atoms with E-state index in [0.29, 0.717) is 18.8 Å². The van der Waals surface area contributed by atoms with Crippen molar-refractivity contribution in [3.05, 3.63) is 0 Å². The summed E-state index contributed by atoms with van der Waals surface area (Å²) in [5.74, 6) is 0.296. The zero-order valence-electron chi connectivity index (χ0n) is 11.6. The average molecular weight is 275 g/mol. The van der Waals surface area contributed by atoms with Gasteiger partial charge in [-0.1, -0.05) is 19.8 Å². The van der Waals surface area contributed by atoms with Gasteiger partial charge in [0.25, 0.3) is 0 Å². The molecular formula is C13H25NO3S. The minimum atomic E-state index is -3.15. The van der Waals surface area contributed by atoms with Crippen LogP contribution in [0, 0.1) is 5.92 Å². The lowest BCUT2D eigenvalue weighted by Gasteiger charge is -2.35. The third kappa shape index (κ3) is 3.79. The number of Topliss-reactive ketones (excluding diaryl/α,β-unsaturated/α-hetero) is 1. The van der Waals surface area contributed by atoms with Crippen LogP contribution in [-0.4, -0.2) is 30.7 Å². The zero-order valence-corrected chi connectivity index (χ0v) is 12.4. The van der Waals surface area contributed by atoms with Crippen molar-refractivity contribution in [3.8, 4) is 0 Å². The summed E-state index contributed by atoms with van der Waals surface area (Å²) in [5.41, 5.74) is 5.37. The molecule has 0 spiro atoms. The normalized spacial score (nSPS) is 29.5. The molecule has 2 unspecified atom stereocenters. The zero-order chi connectivity index (χ0) is 14.0. The predicted molar refractivity (Wildman–Crippen MR) is 73.1 cm³/mol. The molecule has 0 heterocycles. The molecule has 4 nitrogen and oxygen atoms in total. The van der Waals surface area contributed by atoms with Crippen molar-refractivity contribution in [2.24, 2.45) is 11.7 Å². The molecule has 1 aliphatic carbocycles. The Morgan fingerprint density at radius 1 is 1.44 bits per heavy atom. The number of ketones is 1. The Kier molecular flexibility index (Phi) is 4.95. The molecular weight excluding hydrogens is 250 g/mol. The highest BCUT2D eigenvalue weighted by molar-refractivity contribution is 7.91. The maximum Gasteiger partial charge on any atom is 0.153 e. The second kappa shape index (κ2) is 5.70. The average Bonchev–Trinajstić information content (AvgIpc) is 2.25. The number of hydrogen-bond acceptors (Lipinski definition) is 4. The van der Waals surface area contributed by atoms with E-state index in [1.165, 1.54) is 0 Å². The Labute approximate surface area is 110 Å². The maximum absolute atomic E-state index is 12.1. The third-order valence-electron chi connectivity index (χ3n) is 3.92. The van der Waals surface area contributed by atoms with Crippen molar-refractivity contribution in [1.29, 1.82) is 0 Å². The van der Waals surface area contributed by atoms with Crippen LogP contribution in [-0.2, 0) is 14.6 Å². The van der Waals surface area contributed by atoms with Crippen molar-refractivity contribution in [3.63, 3.8) is 0 Å². The number of carbonyl (C=O) groups excluding carboxylic acids is 1. The molecule has 1 saturated carbocycles. The van der Waals surface area contributed by atoms with E-state index in [0.717, 1.165) is 12.8 Å². The topological polar surface area (TPSA) is 77.2 Å². The number of carbonyl (C=O) groups is 1. The van der Waals surface area contributed by atoms with Gasteiger partial charge in [0.2, 0.25) is 0 Å². The minimum absolute atomic E-state index is 0.0593. The van der Waals surface area contributed by atoms with Crippen LogP contribution in [0.25, 0.3) is 0 Å². The van der Waals surface area contributed by atoms with Crippen molar-refractivity contribution in [2.45, 2.75) is 63.7 Å². The van der Waals surface area contributed by atoms with E-state index in [4.69, 9.17) is 5.73 Å². The fourth-order valence-electron chi connectivity index (χ4n) is 2.56. The summed E-state index contributed by atoms with van der Waals surface area (Å²) in [6, 6.07) is 0. The highest BCUT2D eigenvalue weighted by Gasteiger charge is 2.37. The molecule has 2 atom stereocenters. The Morgan fingerprint density at radius 2 is 2.06 bits per heavy atom. The standard InChI is InChI=1S/C13H25NO3S/c1-10(2)18(16,17)8-6-12(15)13(14)7-4-5-11(3)9-13/h10-11H,4-9,14H2,1-3H3. The van der Waals surface area contributed by atoms with Gasteiger partial charge in [0, 0.05) is 6.42 Å². The molecule has 0 amide bonds. The first-order valence-electron chi connectivity index (χ1n) is 6.71. The van der Waals surface area contributed by atoms with Crippen LogP contribution in [0.15, 0.2) is 0 Å². The van der Waals surface area contributed by atoms with Crippen LogP contribution < -0.4 is 5.73 Å². The van der Waals surface area contributed by atoms with Crippen LogP contribution in [0.2, 0.25) is 0 Å². The van der Waals surface area contributed by atoms with Crippen LogP contribution in [0.4, 0.5) is 0 Å². The maximum atomic E-state index is 12.1. The van der Waals surface area contributed by atoms with E-state index in [1.54, 1.807) is 13.8 Å². The Morgan fingerprint density at radius 3 is 2.56 bits per heavy atom. The van der Waals surface area contributed by atoms with Crippen molar-refractivity contribution in [1.82, 2.24) is 0 Å². The van der Waals surface area contributed by atoms with Crippen LogP contribution >= 0.6 is 0 Å². The van der Waals surface area contributed by atoms with Gasteiger partial charge in [-0.3, -0.25) is 4.79 Å². The monoisotopic (exact) mass is 275 g/mol.